The largest absolute Gasteiger partial charge is 0.459 e. The Balaban J connectivity index is 2.98. The lowest BCUT2D eigenvalue weighted by molar-refractivity contribution is -0.155. The maximum atomic E-state index is 11.9. The van der Waals surface area contributed by atoms with Crippen LogP contribution in [0.15, 0.2) is 18.3 Å². The van der Waals surface area contributed by atoms with Crippen LogP contribution < -0.4 is 0 Å². The molecule has 0 N–H and O–H groups in total. The van der Waals surface area contributed by atoms with Crippen molar-refractivity contribution >= 4 is 5.97 Å². The van der Waals surface area contributed by atoms with E-state index in [9.17, 15) is 4.79 Å². The van der Waals surface area contributed by atoms with Crippen LogP contribution in [0.1, 0.15) is 37.9 Å². The normalized spacial score (nSPS) is 12.6. The molecule has 0 amide bonds. The molecule has 0 spiro atoms. The van der Waals surface area contributed by atoms with E-state index in [4.69, 9.17) is 10.00 Å². The molecule has 0 fully saturated rings. The van der Waals surface area contributed by atoms with Gasteiger partial charge in [0.25, 0.3) is 0 Å². The highest BCUT2D eigenvalue weighted by molar-refractivity contribution is 5.81. The van der Waals surface area contributed by atoms with Crippen LogP contribution >= 0.6 is 0 Å². The Bertz CT molecular complexity index is 455. The Hall–Kier alpha value is -1.89. The van der Waals surface area contributed by atoms with Gasteiger partial charge in [-0.2, -0.15) is 5.26 Å². The second-order valence-electron chi connectivity index (χ2n) is 4.80. The molecule has 0 saturated heterocycles. The van der Waals surface area contributed by atoms with Gasteiger partial charge in [-0.1, -0.05) is 6.07 Å². The first kappa shape index (κ1) is 13.2. The minimum absolute atomic E-state index is 0.462. The van der Waals surface area contributed by atoms with Gasteiger partial charge in [-0.25, -0.2) is 0 Å². The van der Waals surface area contributed by atoms with Gasteiger partial charge in [0.2, 0.25) is 0 Å². The number of ether oxygens (including phenoxy) is 1. The van der Waals surface area contributed by atoms with Gasteiger partial charge in [0.05, 0.1) is 11.8 Å². The first-order valence-corrected chi connectivity index (χ1v) is 5.39. The van der Waals surface area contributed by atoms with E-state index in [1.165, 1.54) is 0 Å². The van der Waals surface area contributed by atoms with Gasteiger partial charge in [0, 0.05) is 6.20 Å². The third-order valence-electron chi connectivity index (χ3n) is 2.09. The summed E-state index contributed by atoms with van der Waals surface area (Å²) in [6.45, 7) is 7.12. The Kier molecular flexibility index (Phi) is 3.84. The van der Waals surface area contributed by atoms with Crippen molar-refractivity contribution in [1.82, 2.24) is 4.98 Å². The molecule has 0 aliphatic rings. The molecule has 0 radical (unpaired) electrons. The van der Waals surface area contributed by atoms with Gasteiger partial charge in [-0.15, -0.1) is 0 Å². The predicted octanol–water partition coefficient (Wildman–Crippen LogP) is 2.34. The van der Waals surface area contributed by atoms with Crippen molar-refractivity contribution in [3.8, 4) is 6.07 Å². The quantitative estimate of drug-likeness (QED) is 0.734. The minimum Gasteiger partial charge on any atom is -0.459 e. The van der Waals surface area contributed by atoms with E-state index in [2.05, 4.69) is 4.98 Å². The molecule has 0 unspecified atom stereocenters. The summed E-state index contributed by atoms with van der Waals surface area (Å²) in [6, 6.07) is 5.53. The SMILES string of the molecule is Cc1cccnc1[C@@H](C#N)C(=O)OC(C)(C)C. The summed E-state index contributed by atoms with van der Waals surface area (Å²) in [4.78, 5) is 15.9. The summed E-state index contributed by atoms with van der Waals surface area (Å²) in [5.41, 5.74) is 0.670. The monoisotopic (exact) mass is 232 g/mol. The number of aromatic nitrogens is 1. The Morgan fingerprint density at radius 2 is 2.18 bits per heavy atom. The lowest BCUT2D eigenvalue weighted by Gasteiger charge is -2.21. The fourth-order valence-corrected chi connectivity index (χ4v) is 1.39. The van der Waals surface area contributed by atoms with Crippen molar-refractivity contribution in [2.75, 3.05) is 0 Å². The molecule has 0 bridgehead atoms. The molecule has 0 aliphatic carbocycles. The van der Waals surface area contributed by atoms with E-state index in [1.54, 1.807) is 33.0 Å². The van der Waals surface area contributed by atoms with Crippen LogP contribution in [-0.2, 0) is 9.53 Å². The van der Waals surface area contributed by atoms with Gasteiger partial charge < -0.3 is 4.74 Å². The number of carbonyl (C=O) groups is 1. The van der Waals surface area contributed by atoms with Crippen molar-refractivity contribution in [2.24, 2.45) is 0 Å². The van der Waals surface area contributed by atoms with Crippen molar-refractivity contribution in [3.63, 3.8) is 0 Å². The van der Waals surface area contributed by atoms with Crippen LogP contribution in [0.2, 0.25) is 0 Å². The Morgan fingerprint density at radius 3 is 2.65 bits per heavy atom. The second kappa shape index (κ2) is 4.96. The van der Waals surface area contributed by atoms with Crippen LogP contribution in [0.3, 0.4) is 0 Å². The van der Waals surface area contributed by atoms with Gasteiger partial charge in [0.1, 0.15) is 5.60 Å². The Morgan fingerprint density at radius 1 is 1.53 bits per heavy atom. The van der Waals surface area contributed by atoms with Crippen molar-refractivity contribution in [1.29, 1.82) is 5.26 Å². The standard InChI is InChI=1S/C13H16N2O2/c1-9-6-5-7-15-11(9)10(8-14)12(16)17-13(2,3)4/h5-7,10H,1-4H3/t10-/m1/s1. The van der Waals surface area contributed by atoms with Gasteiger partial charge in [0.15, 0.2) is 5.92 Å². The molecule has 4 heteroatoms. The highest BCUT2D eigenvalue weighted by atomic mass is 16.6. The number of esters is 1. The molecule has 90 valence electrons. The molecule has 0 aliphatic heterocycles. The van der Waals surface area contributed by atoms with E-state index >= 15 is 0 Å². The lowest BCUT2D eigenvalue weighted by Crippen LogP contribution is -2.28. The summed E-state index contributed by atoms with van der Waals surface area (Å²) in [5.74, 6) is -1.52. The number of hydrogen-bond acceptors (Lipinski definition) is 4. The number of nitriles is 1. The molecule has 1 heterocycles. The molecule has 1 aromatic heterocycles. The smallest absolute Gasteiger partial charge is 0.330 e. The summed E-state index contributed by atoms with van der Waals surface area (Å²) < 4.78 is 5.20. The highest BCUT2D eigenvalue weighted by Gasteiger charge is 2.28. The third kappa shape index (κ3) is 3.56. The molecule has 1 aromatic rings. The molecular formula is C13H16N2O2. The zero-order chi connectivity index (χ0) is 13.1. The van der Waals surface area contributed by atoms with E-state index in [1.807, 2.05) is 19.1 Å². The average Bonchev–Trinajstić information content (AvgIpc) is 2.19. The number of carbonyl (C=O) groups excluding carboxylic acids is 1. The van der Waals surface area contributed by atoms with Crippen LogP contribution in [0.25, 0.3) is 0 Å². The van der Waals surface area contributed by atoms with E-state index in [-0.39, 0.29) is 0 Å². The summed E-state index contributed by atoms with van der Waals surface area (Å²) in [6.07, 6.45) is 1.57. The van der Waals surface area contributed by atoms with Crippen molar-refractivity contribution < 1.29 is 9.53 Å². The van der Waals surface area contributed by atoms with Gasteiger partial charge in [-0.3, -0.25) is 9.78 Å². The highest BCUT2D eigenvalue weighted by Crippen LogP contribution is 2.20. The molecular weight excluding hydrogens is 216 g/mol. The maximum absolute atomic E-state index is 11.9. The fourth-order valence-electron chi connectivity index (χ4n) is 1.39. The van der Waals surface area contributed by atoms with Gasteiger partial charge in [-0.05, 0) is 39.3 Å². The second-order valence-corrected chi connectivity index (χ2v) is 4.80. The van der Waals surface area contributed by atoms with Crippen molar-refractivity contribution in [2.45, 2.75) is 39.2 Å². The van der Waals surface area contributed by atoms with E-state index in [0.717, 1.165) is 5.56 Å². The molecule has 0 aromatic carbocycles. The maximum Gasteiger partial charge on any atom is 0.330 e. The lowest BCUT2D eigenvalue weighted by atomic mass is 10.0. The number of aryl methyl sites for hydroxylation is 1. The predicted molar refractivity (Wildman–Crippen MR) is 63.2 cm³/mol. The number of rotatable bonds is 2. The molecule has 1 rings (SSSR count). The zero-order valence-corrected chi connectivity index (χ0v) is 10.5. The minimum atomic E-state index is -0.963. The van der Waals surface area contributed by atoms with Crippen molar-refractivity contribution in [3.05, 3.63) is 29.6 Å². The summed E-state index contributed by atoms with van der Waals surface area (Å²) in [7, 11) is 0. The molecule has 0 saturated carbocycles. The summed E-state index contributed by atoms with van der Waals surface area (Å²) in [5, 5.41) is 9.08. The molecule has 4 nitrogen and oxygen atoms in total. The first-order valence-electron chi connectivity index (χ1n) is 5.39. The van der Waals surface area contributed by atoms with Crippen LogP contribution in [0, 0.1) is 18.3 Å². The van der Waals surface area contributed by atoms with Crippen LogP contribution in [0.4, 0.5) is 0 Å². The van der Waals surface area contributed by atoms with E-state index in [0.29, 0.717) is 5.69 Å². The topological polar surface area (TPSA) is 63.0 Å². The van der Waals surface area contributed by atoms with Crippen LogP contribution in [-0.4, -0.2) is 16.6 Å². The summed E-state index contributed by atoms with van der Waals surface area (Å²) >= 11 is 0. The molecule has 17 heavy (non-hydrogen) atoms. The molecule has 1 atom stereocenters. The van der Waals surface area contributed by atoms with Crippen LogP contribution in [0.5, 0.6) is 0 Å². The Labute approximate surface area is 101 Å². The third-order valence-corrected chi connectivity index (χ3v) is 2.09. The van der Waals surface area contributed by atoms with E-state index < -0.39 is 17.5 Å². The fraction of sp³-hybridized carbons (Fsp3) is 0.462. The first-order chi connectivity index (χ1) is 7.85. The van der Waals surface area contributed by atoms with Gasteiger partial charge >= 0.3 is 5.97 Å². The number of hydrogen-bond donors (Lipinski definition) is 0. The number of nitrogens with zero attached hydrogens (tertiary/aromatic N) is 2. The zero-order valence-electron chi connectivity index (χ0n) is 10.5. The number of pyridine rings is 1. The average molecular weight is 232 g/mol.